The first-order valence-electron chi connectivity index (χ1n) is 10.5. The fourth-order valence-corrected chi connectivity index (χ4v) is 4.71. The number of amides is 1. The monoisotopic (exact) mass is 399 g/mol. The summed E-state index contributed by atoms with van der Waals surface area (Å²) in [6, 6.07) is 0. The van der Waals surface area contributed by atoms with Crippen LogP contribution in [0.25, 0.3) is 0 Å². The number of piperidine rings is 1. The molecule has 8 nitrogen and oxygen atoms in total. The minimum absolute atomic E-state index is 0.0685. The Labute approximate surface area is 170 Å². The highest BCUT2D eigenvalue weighted by Crippen LogP contribution is 2.29. The summed E-state index contributed by atoms with van der Waals surface area (Å²) in [4.78, 5) is 30.3. The van der Waals surface area contributed by atoms with Gasteiger partial charge in [-0.3, -0.25) is 4.79 Å². The zero-order valence-electron chi connectivity index (χ0n) is 17.5. The van der Waals surface area contributed by atoms with Crippen LogP contribution in [0.15, 0.2) is 0 Å². The third kappa shape index (κ3) is 3.56. The first-order valence-corrected chi connectivity index (χ1v) is 10.5. The van der Waals surface area contributed by atoms with E-state index in [0.29, 0.717) is 35.6 Å². The second-order valence-corrected chi connectivity index (χ2v) is 8.14. The van der Waals surface area contributed by atoms with Crippen LogP contribution in [0.2, 0.25) is 0 Å². The van der Waals surface area contributed by atoms with Crippen molar-refractivity contribution in [2.45, 2.75) is 64.8 Å². The zero-order valence-corrected chi connectivity index (χ0v) is 17.5. The van der Waals surface area contributed by atoms with Crippen molar-refractivity contribution in [2.75, 3.05) is 20.2 Å². The van der Waals surface area contributed by atoms with Crippen molar-refractivity contribution in [3.63, 3.8) is 0 Å². The highest BCUT2D eigenvalue weighted by atomic mass is 16.5. The molecule has 29 heavy (non-hydrogen) atoms. The number of nitrogens with one attached hydrogen (secondary N) is 1. The predicted octanol–water partition coefficient (Wildman–Crippen LogP) is 2.76. The number of hydrogen-bond donors (Lipinski definition) is 1. The summed E-state index contributed by atoms with van der Waals surface area (Å²) in [5.74, 6) is 1.82. The Kier molecular flexibility index (Phi) is 5.43. The van der Waals surface area contributed by atoms with Gasteiger partial charge in [0.15, 0.2) is 0 Å². The standard InChI is InChI=1S/C21H29N5O3/c1-13-17(21(28)29-3)14(2)22-18(13)20(27)25-10-7-8-15(12-25)19-24-23-16-9-5-4-6-11-26(16)19/h15,22H,4-12H2,1-3H3. The van der Waals surface area contributed by atoms with Gasteiger partial charge in [0, 0.05) is 37.7 Å². The molecule has 1 fully saturated rings. The number of hydrogen-bond acceptors (Lipinski definition) is 5. The van der Waals surface area contributed by atoms with Gasteiger partial charge in [0.2, 0.25) is 0 Å². The van der Waals surface area contributed by atoms with E-state index in [1.807, 2.05) is 4.90 Å². The third-order valence-corrected chi connectivity index (χ3v) is 6.25. The minimum Gasteiger partial charge on any atom is -0.465 e. The van der Waals surface area contributed by atoms with Crippen molar-refractivity contribution in [3.05, 3.63) is 34.2 Å². The second kappa shape index (κ2) is 8.00. The van der Waals surface area contributed by atoms with Gasteiger partial charge in [-0.05, 0) is 45.1 Å². The highest BCUT2D eigenvalue weighted by Gasteiger charge is 2.32. The summed E-state index contributed by atoms with van der Waals surface area (Å²) < 4.78 is 7.15. The molecule has 0 saturated carbocycles. The summed E-state index contributed by atoms with van der Waals surface area (Å²) in [6.07, 6.45) is 6.48. The Balaban J connectivity index is 1.56. The summed E-state index contributed by atoms with van der Waals surface area (Å²) in [5, 5.41) is 8.94. The van der Waals surface area contributed by atoms with Crippen LogP contribution in [0.5, 0.6) is 0 Å². The number of carbonyl (C=O) groups is 2. The maximum Gasteiger partial charge on any atom is 0.339 e. The first kappa shape index (κ1) is 19.7. The maximum absolute atomic E-state index is 13.3. The average molecular weight is 399 g/mol. The molecule has 0 bridgehead atoms. The fourth-order valence-electron chi connectivity index (χ4n) is 4.71. The molecule has 1 unspecified atom stereocenters. The van der Waals surface area contributed by atoms with E-state index in [-0.39, 0.29) is 11.8 Å². The van der Waals surface area contributed by atoms with Crippen molar-refractivity contribution in [2.24, 2.45) is 0 Å². The number of aromatic amines is 1. The molecule has 2 aromatic rings. The molecular weight excluding hydrogens is 370 g/mol. The van der Waals surface area contributed by atoms with Crippen LogP contribution in [0.1, 0.15) is 81.8 Å². The number of esters is 1. The van der Waals surface area contributed by atoms with Crippen LogP contribution < -0.4 is 0 Å². The number of likely N-dealkylation sites (tertiary alicyclic amines) is 1. The zero-order chi connectivity index (χ0) is 20.5. The molecule has 156 valence electrons. The minimum atomic E-state index is -0.419. The highest BCUT2D eigenvalue weighted by molar-refractivity contribution is 6.00. The lowest BCUT2D eigenvalue weighted by molar-refractivity contribution is 0.0599. The number of carbonyl (C=O) groups excluding carboxylic acids is 2. The molecule has 2 aliphatic rings. The number of H-pyrrole nitrogens is 1. The molecule has 1 saturated heterocycles. The van der Waals surface area contributed by atoms with Crippen molar-refractivity contribution < 1.29 is 14.3 Å². The van der Waals surface area contributed by atoms with E-state index >= 15 is 0 Å². The van der Waals surface area contributed by atoms with Gasteiger partial charge in [-0.1, -0.05) is 6.42 Å². The molecule has 0 spiro atoms. The number of methoxy groups -OCH3 is 1. The molecule has 1 amide bonds. The largest absolute Gasteiger partial charge is 0.465 e. The van der Waals surface area contributed by atoms with Gasteiger partial charge < -0.3 is 19.2 Å². The maximum atomic E-state index is 13.3. The van der Waals surface area contributed by atoms with Gasteiger partial charge in [0.1, 0.15) is 17.3 Å². The Bertz CT molecular complexity index is 929. The number of fused-ring (bicyclic) bond motifs is 1. The van der Waals surface area contributed by atoms with E-state index in [2.05, 4.69) is 19.7 Å². The first-order chi connectivity index (χ1) is 14.0. The SMILES string of the molecule is COC(=O)c1c(C)[nH]c(C(=O)N2CCCC(c3nnc4n3CCCCC4)C2)c1C. The summed E-state index contributed by atoms with van der Waals surface area (Å²) >= 11 is 0. The Morgan fingerprint density at radius 2 is 1.93 bits per heavy atom. The van der Waals surface area contributed by atoms with Gasteiger partial charge in [-0.25, -0.2) is 4.79 Å². The molecule has 2 aliphatic heterocycles. The number of aromatic nitrogens is 4. The van der Waals surface area contributed by atoms with Crippen LogP contribution in [0, 0.1) is 13.8 Å². The smallest absolute Gasteiger partial charge is 0.339 e. The van der Waals surface area contributed by atoms with E-state index in [9.17, 15) is 9.59 Å². The van der Waals surface area contributed by atoms with Crippen LogP contribution in [-0.4, -0.2) is 56.7 Å². The van der Waals surface area contributed by atoms with E-state index in [0.717, 1.165) is 43.9 Å². The number of rotatable bonds is 3. The molecule has 1 atom stereocenters. The van der Waals surface area contributed by atoms with Gasteiger partial charge in [0.05, 0.1) is 12.7 Å². The lowest BCUT2D eigenvalue weighted by Crippen LogP contribution is -2.40. The topological polar surface area (TPSA) is 93.1 Å². The number of ether oxygens (including phenoxy) is 1. The van der Waals surface area contributed by atoms with Gasteiger partial charge in [0.25, 0.3) is 5.91 Å². The van der Waals surface area contributed by atoms with Crippen LogP contribution in [-0.2, 0) is 17.7 Å². The molecule has 1 N–H and O–H groups in total. The number of aryl methyl sites for hydroxylation is 2. The lowest BCUT2D eigenvalue weighted by atomic mass is 9.96. The normalized spacial score (nSPS) is 19.6. The second-order valence-electron chi connectivity index (χ2n) is 8.14. The fraction of sp³-hybridized carbons (Fsp3) is 0.619. The Morgan fingerprint density at radius 3 is 2.72 bits per heavy atom. The third-order valence-electron chi connectivity index (χ3n) is 6.25. The van der Waals surface area contributed by atoms with Crippen LogP contribution >= 0.6 is 0 Å². The van der Waals surface area contributed by atoms with Gasteiger partial charge in [-0.15, -0.1) is 10.2 Å². The van der Waals surface area contributed by atoms with E-state index in [1.54, 1.807) is 13.8 Å². The van der Waals surface area contributed by atoms with Crippen LogP contribution in [0.3, 0.4) is 0 Å². The quantitative estimate of drug-likeness (QED) is 0.801. The molecule has 4 heterocycles. The summed E-state index contributed by atoms with van der Waals surface area (Å²) in [5.41, 5.74) is 2.24. The van der Waals surface area contributed by atoms with E-state index in [1.165, 1.54) is 20.0 Å². The van der Waals surface area contributed by atoms with Gasteiger partial charge in [-0.2, -0.15) is 0 Å². The molecule has 2 aromatic heterocycles. The van der Waals surface area contributed by atoms with Crippen molar-refractivity contribution in [1.29, 1.82) is 0 Å². The van der Waals surface area contributed by atoms with E-state index in [4.69, 9.17) is 4.74 Å². The van der Waals surface area contributed by atoms with E-state index < -0.39 is 5.97 Å². The lowest BCUT2D eigenvalue weighted by Gasteiger charge is -2.32. The Hall–Kier alpha value is -2.64. The predicted molar refractivity (Wildman–Crippen MR) is 107 cm³/mol. The molecular formula is C21H29N5O3. The van der Waals surface area contributed by atoms with Crippen molar-refractivity contribution in [1.82, 2.24) is 24.6 Å². The molecule has 4 rings (SSSR count). The molecule has 0 radical (unpaired) electrons. The average Bonchev–Trinajstić information content (AvgIpc) is 3.17. The van der Waals surface area contributed by atoms with Crippen LogP contribution in [0.4, 0.5) is 0 Å². The van der Waals surface area contributed by atoms with Crippen molar-refractivity contribution in [3.8, 4) is 0 Å². The number of nitrogens with zero attached hydrogens (tertiary/aromatic N) is 4. The molecule has 8 heteroatoms. The molecule has 0 aliphatic carbocycles. The summed E-state index contributed by atoms with van der Waals surface area (Å²) in [6.45, 7) is 5.90. The summed E-state index contributed by atoms with van der Waals surface area (Å²) in [7, 11) is 1.35. The molecule has 0 aromatic carbocycles. The van der Waals surface area contributed by atoms with Gasteiger partial charge >= 0.3 is 5.97 Å². The Morgan fingerprint density at radius 1 is 1.10 bits per heavy atom. The van der Waals surface area contributed by atoms with Crippen molar-refractivity contribution >= 4 is 11.9 Å².